The van der Waals surface area contributed by atoms with Crippen molar-refractivity contribution >= 4 is 41.2 Å². The molecule has 0 saturated carbocycles. The summed E-state index contributed by atoms with van der Waals surface area (Å²) in [4.78, 5) is 31.0. The number of carbonyl (C=O) groups excluding carboxylic acids is 2. The molecule has 1 aliphatic heterocycles. The molecule has 138 valence electrons. The zero-order valence-corrected chi connectivity index (χ0v) is 16.2. The highest BCUT2D eigenvalue weighted by Crippen LogP contribution is 2.34. The summed E-state index contributed by atoms with van der Waals surface area (Å²) < 4.78 is 4.89. The fourth-order valence-electron chi connectivity index (χ4n) is 2.87. The van der Waals surface area contributed by atoms with Gasteiger partial charge in [0.1, 0.15) is 0 Å². The standard InChI is InChI=1S/C20H16Cl2N2O3/c1-12-18(20(26)27-2)16(8-14-5-6-15(21)9-17(14)22)19(25)24(12)11-13-4-3-7-23-10-13/h3-10H,11H2,1-2H3/b16-8+. The van der Waals surface area contributed by atoms with Gasteiger partial charge < -0.3 is 9.64 Å². The number of esters is 1. The maximum absolute atomic E-state index is 13.1. The van der Waals surface area contributed by atoms with Gasteiger partial charge >= 0.3 is 5.97 Å². The maximum Gasteiger partial charge on any atom is 0.340 e. The summed E-state index contributed by atoms with van der Waals surface area (Å²) in [7, 11) is 1.28. The second kappa shape index (κ2) is 7.94. The molecule has 0 radical (unpaired) electrons. The third kappa shape index (κ3) is 3.89. The van der Waals surface area contributed by atoms with Crippen LogP contribution in [0.4, 0.5) is 0 Å². The lowest BCUT2D eigenvalue weighted by Crippen LogP contribution is -2.24. The number of amides is 1. The number of aromatic nitrogens is 1. The Morgan fingerprint density at radius 3 is 2.70 bits per heavy atom. The molecular weight excluding hydrogens is 387 g/mol. The monoisotopic (exact) mass is 402 g/mol. The van der Waals surface area contributed by atoms with E-state index in [4.69, 9.17) is 27.9 Å². The van der Waals surface area contributed by atoms with Crippen LogP contribution in [0.15, 0.2) is 59.6 Å². The summed E-state index contributed by atoms with van der Waals surface area (Å²) in [6.07, 6.45) is 4.92. The van der Waals surface area contributed by atoms with Gasteiger partial charge in [-0.15, -0.1) is 0 Å². The predicted molar refractivity (Wildman–Crippen MR) is 104 cm³/mol. The molecule has 0 fully saturated rings. The molecule has 0 N–H and O–H groups in total. The van der Waals surface area contributed by atoms with Crippen molar-refractivity contribution in [3.05, 3.63) is 80.7 Å². The van der Waals surface area contributed by atoms with Crippen molar-refractivity contribution in [1.82, 2.24) is 9.88 Å². The van der Waals surface area contributed by atoms with Gasteiger partial charge in [0.15, 0.2) is 0 Å². The van der Waals surface area contributed by atoms with Crippen molar-refractivity contribution in [3.63, 3.8) is 0 Å². The van der Waals surface area contributed by atoms with Gasteiger partial charge in [-0.1, -0.05) is 35.3 Å². The average molecular weight is 403 g/mol. The van der Waals surface area contributed by atoms with Crippen LogP contribution in [-0.2, 0) is 20.9 Å². The highest BCUT2D eigenvalue weighted by Gasteiger charge is 2.37. The van der Waals surface area contributed by atoms with Crippen LogP contribution in [0.3, 0.4) is 0 Å². The number of hydrogen-bond donors (Lipinski definition) is 0. The van der Waals surface area contributed by atoms with Gasteiger partial charge in [-0.2, -0.15) is 0 Å². The number of hydrogen-bond acceptors (Lipinski definition) is 4. The van der Waals surface area contributed by atoms with Crippen molar-refractivity contribution in [2.24, 2.45) is 0 Å². The zero-order chi connectivity index (χ0) is 19.6. The van der Waals surface area contributed by atoms with E-state index >= 15 is 0 Å². The largest absolute Gasteiger partial charge is 0.465 e. The molecule has 0 atom stereocenters. The highest BCUT2D eigenvalue weighted by molar-refractivity contribution is 6.35. The lowest BCUT2D eigenvalue weighted by molar-refractivity contribution is -0.136. The highest BCUT2D eigenvalue weighted by atomic mass is 35.5. The number of nitrogens with zero attached hydrogens (tertiary/aromatic N) is 2. The zero-order valence-electron chi connectivity index (χ0n) is 14.7. The van der Waals surface area contributed by atoms with Crippen LogP contribution in [0.1, 0.15) is 18.1 Å². The van der Waals surface area contributed by atoms with Crippen LogP contribution in [0, 0.1) is 0 Å². The summed E-state index contributed by atoms with van der Waals surface area (Å²) in [5.74, 6) is -0.881. The minimum atomic E-state index is -0.578. The molecule has 27 heavy (non-hydrogen) atoms. The van der Waals surface area contributed by atoms with E-state index in [1.54, 1.807) is 49.7 Å². The first-order valence-electron chi connectivity index (χ1n) is 8.09. The third-order valence-electron chi connectivity index (χ3n) is 4.23. The van der Waals surface area contributed by atoms with Gasteiger partial charge in [0.2, 0.25) is 0 Å². The fourth-order valence-corrected chi connectivity index (χ4v) is 3.33. The Kier molecular flexibility index (Phi) is 5.63. The maximum atomic E-state index is 13.1. The normalized spacial score (nSPS) is 15.6. The minimum absolute atomic E-state index is 0.220. The van der Waals surface area contributed by atoms with Crippen LogP contribution in [0.5, 0.6) is 0 Å². The predicted octanol–water partition coefficient (Wildman–Crippen LogP) is 4.26. The van der Waals surface area contributed by atoms with Crippen LogP contribution >= 0.6 is 23.2 Å². The number of rotatable bonds is 4. The second-order valence-electron chi connectivity index (χ2n) is 5.93. The number of allylic oxidation sites excluding steroid dienone is 1. The molecule has 0 unspecified atom stereocenters. The first-order chi connectivity index (χ1) is 12.9. The summed E-state index contributed by atoms with van der Waals surface area (Å²) in [5.41, 5.74) is 2.40. The van der Waals surface area contributed by atoms with Crippen LogP contribution in [-0.4, -0.2) is 28.9 Å². The molecule has 2 aromatic rings. The summed E-state index contributed by atoms with van der Waals surface area (Å²) >= 11 is 12.2. The van der Waals surface area contributed by atoms with E-state index in [1.807, 2.05) is 6.07 Å². The summed E-state index contributed by atoms with van der Waals surface area (Å²) in [5, 5.41) is 0.869. The molecular formula is C20H16Cl2N2O3. The second-order valence-corrected chi connectivity index (χ2v) is 6.77. The smallest absolute Gasteiger partial charge is 0.340 e. The molecule has 0 spiro atoms. The van der Waals surface area contributed by atoms with Crippen molar-refractivity contribution in [2.45, 2.75) is 13.5 Å². The Hall–Kier alpha value is -2.63. The summed E-state index contributed by atoms with van der Waals surface area (Å²) in [6.45, 7) is 2.01. The fraction of sp³-hybridized carbons (Fsp3) is 0.150. The number of pyridine rings is 1. The molecule has 2 heterocycles. The van der Waals surface area contributed by atoms with Crippen molar-refractivity contribution < 1.29 is 14.3 Å². The van der Waals surface area contributed by atoms with Crippen LogP contribution in [0.25, 0.3) is 6.08 Å². The van der Waals surface area contributed by atoms with E-state index in [2.05, 4.69) is 4.98 Å². The Balaban J connectivity index is 2.06. The molecule has 1 aromatic carbocycles. The molecule has 1 aliphatic rings. The molecule has 7 heteroatoms. The van der Waals surface area contributed by atoms with E-state index in [9.17, 15) is 9.59 Å². The van der Waals surface area contributed by atoms with Gasteiger partial charge in [-0.05, 0) is 42.3 Å². The summed E-state index contributed by atoms with van der Waals surface area (Å²) in [6, 6.07) is 8.60. The van der Waals surface area contributed by atoms with Crippen molar-refractivity contribution in [3.8, 4) is 0 Å². The van der Waals surface area contributed by atoms with Gasteiger partial charge in [0.05, 0.1) is 24.8 Å². The number of benzene rings is 1. The van der Waals surface area contributed by atoms with E-state index < -0.39 is 5.97 Å². The van der Waals surface area contributed by atoms with Crippen molar-refractivity contribution in [1.29, 1.82) is 0 Å². The molecule has 3 rings (SSSR count). The lowest BCUT2D eigenvalue weighted by atomic mass is 10.0. The Labute approximate surface area is 166 Å². The molecule has 0 saturated heterocycles. The van der Waals surface area contributed by atoms with Gasteiger partial charge in [-0.25, -0.2) is 4.79 Å². The number of carbonyl (C=O) groups is 2. The molecule has 1 aromatic heterocycles. The van der Waals surface area contributed by atoms with Gasteiger partial charge in [-0.3, -0.25) is 9.78 Å². The first-order valence-corrected chi connectivity index (χ1v) is 8.85. The van der Waals surface area contributed by atoms with Crippen molar-refractivity contribution in [2.75, 3.05) is 7.11 Å². The number of methoxy groups -OCH3 is 1. The Bertz CT molecular complexity index is 968. The molecule has 1 amide bonds. The molecule has 0 bridgehead atoms. The quantitative estimate of drug-likeness (QED) is 0.566. The van der Waals surface area contributed by atoms with Gasteiger partial charge in [0, 0.05) is 28.1 Å². The number of ether oxygens (including phenoxy) is 1. The number of halogens is 2. The minimum Gasteiger partial charge on any atom is -0.465 e. The molecule has 0 aliphatic carbocycles. The lowest BCUT2D eigenvalue weighted by Gasteiger charge is -2.17. The Morgan fingerprint density at radius 1 is 1.30 bits per heavy atom. The van der Waals surface area contributed by atoms with Crippen LogP contribution < -0.4 is 0 Å². The van der Waals surface area contributed by atoms with E-state index in [1.165, 1.54) is 12.0 Å². The Morgan fingerprint density at radius 2 is 2.07 bits per heavy atom. The SMILES string of the molecule is COC(=O)C1=C(C)N(Cc2cccnc2)C(=O)/C1=C/c1ccc(Cl)cc1Cl. The van der Waals surface area contributed by atoms with Crippen LogP contribution in [0.2, 0.25) is 10.0 Å². The topological polar surface area (TPSA) is 59.5 Å². The van der Waals surface area contributed by atoms with E-state index in [0.717, 1.165) is 5.56 Å². The van der Waals surface area contributed by atoms with E-state index in [-0.39, 0.29) is 17.1 Å². The van der Waals surface area contributed by atoms with Gasteiger partial charge in [0.25, 0.3) is 5.91 Å². The molecule has 5 nitrogen and oxygen atoms in total. The third-order valence-corrected chi connectivity index (χ3v) is 4.79. The van der Waals surface area contributed by atoms with E-state index in [0.29, 0.717) is 27.9 Å². The first kappa shape index (κ1) is 19.1. The average Bonchev–Trinajstić information content (AvgIpc) is 2.88.